The molecular formula is C13H17FN2O. The minimum absolute atomic E-state index is 0.0430. The number of nitrogens with zero attached hydrogens (tertiary/aromatic N) is 1. The lowest BCUT2D eigenvalue weighted by Crippen LogP contribution is -2.44. The smallest absolute Gasteiger partial charge is 0.176 e. The van der Waals surface area contributed by atoms with Gasteiger partial charge in [0.25, 0.3) is 0 Å². The van der Waals surface area contributed by atoms with Gasteiger partial charge in [-0.3, -0.25) is 9.69 Å². The molecule has 1 fully saturated rings. The largest absolute Gasteiger partial charge is 0.327 e. The van der Waals surface area contributed by atoms with E-state index in [0.717, 1.165) is 25.9 Å². The minimum atomic E-state index is -0.369. The molecule has 1 saturated heterocycles. The van der Waals surface area contributed by atoms with Gasteiger partial charge in [0.15, 0.2) is 5.78 Å². The third-order valence-corrected chi connectivity index (χ3v) is 3.06. The Balaban J connectivity index is 1.97. The van der Waals surface area contributed by atoms with Crippen molar-refractivity contribution in [1.82, 2.24) is 4.90 Å². The van der Waals surface area contributed by atoms with E-state index in [1.807, 2.05) is 4.90 Å². The predicted molar refractivity (Wildman–Crippen MR) is 64.4 cm³/mol. The number of piperidine rings is 1. The first-order chi connectivity index (χ1) is 8.15. The van der Waals surface area contributed by atoms with Crippen LogP contribution in [0.1, 0.15) is 23.2 Å². The van der Waals surface area contributed by atoms with Crippen molar-refractivity contribution in [2.45, 2.75) is 18.9 Å². The molecule has 1 heterocycles. The monoisotopic (exact) mass is 236 g/mol. The zero-order valence-corrected chi connectivity index (χ0v) is 9.73. The average molecular weight is 236 g/mol. The summed E-state index contributed by atoms with van der Waals surface area (Å²) in [6, 6.07) is 5.99. The molecule has 0 radical (unpaired) electrons. The van der Waals surface area contributed by atoms with Crippen LogP contribution < -0.4 is 5.73 Å². The van der Waals surface area contributed by atoms with Crippen LogP contribution in [0.3, 0.4) is 0 Å². The molecule has 0 aromatic heterocycles. The fraction of sp³-hybridized carbons (Fsp3) is 0.462. The maximum absolute atomic E-state index is 13.0. The molecule has 0 amide bonds. The number of carbonyl (C=O) groups excluding carboxylic acids is 1. The highest BCUT2D eigenvalue weighted by atomic mass is 19.1. The molecule has 1 aliphatic rings. The van der Waals surface area contributed by atoms with Gasteiger partial charge in [0.05, 0.1) is 6.54 Å². The van der Waals surface area contributed by atoms with Crippen LogP contribution in [0, 0.1) is 5.82 Å². The first-order valence-corrected chi connectivity index (χ1v) is 5.92. The quantitative estimate of drug-likeness (QED) is 0.808. The normalized spacial score (nSPS) is 21.4. The maximum atomic E-state index is 13.0. The van der Waals surface area contributed by atoms with Gasteiger partial charge in [-0.15, -0.1) is 0 Å². The molecule has 92 valence electrons. The highest BCUT2D eigenvalue weighted by molar-refractivity contribution is 5.97. The van der Waals surface area contributed by atoms with Crippen molar-refractivity contribution in [2.24, 2.45) is 5.73 Å². The number of hydrogen-bond donors (Lipinski definition) is 1. The number of likely N-dealkylation sites (tertiary alicyclic amines) is 1. The van der Waals surface area contributed by atoms with E-state index in [9.17, 15) is 9.18 Å². The Morgan fingerprint density at radius 2 is 2.35 bits per heavy atom. The van der Waals surface area contributed by atoms with Crippen LogP contribution in [0.2, 0.25) is 0 Å². The summed E-state index contributed by atoms with van der Waals surface area (Å²) in [7, 11) is 0. The second-order valence-corrected chi connectivity index (χ2v) is 4.57. The molecule has 1 atom stereocenters. The molecule has 17 heavy (non-hydrogen) atoms. The van der Waals surface area contributed by atoms with E-state index in [-0.39, 0.29) is 17.6 Å². The first kappa shape index (κ1) is 12.2. The molecule has 1 aliphatic heterocycles. The van der Waals surface area contributed by atoms with Crippen LogP contribution in [0.5, 0.6) is 0 Å². The average Bonchev–Trinajstić information content (AvgIpc) is 2.29. The number of Topliss-reactive ketones (excluding diaryl/α,β-unsaturated/α-hetero) is 1. The van der Waals surface area contributed by atoms with Crippen LogP contribution in [0.15, 0.2) is 24.3 Å². The highest BCUT2D eigenvalue weighted by Crippen LogP contribution is 2.10. The van der Waals surface area contributed by atoms with Gasteiger partial charge < -0.3 is 5.73 Å². The van der Waals surface area contributed by atoms with Gasteiger partial charge in [0, 0.05) is 18.2 Å². The lowest BCUT2D eigenvalue weighted by molar-refractivity contribution is 0.0907. The topological polar surface area (TPSA) is 46.3 Å². The summed E-state index contributed by atoms with van der Waals surface area (Å²) in [4.78, 5) is 14.0. The van der Waals surface area contributed by atoms with Gasteiger partial charge in [0.1, 0.15) is 5.82 Å². The summed E-state index contributed by atoms with van der Waals surface area (Å²) in [5, 5.41) is 0. The standard InChI is InChI=1S/C13H17FN2O/c14-11-4-1-3-10(7-11)13(17)9-16-6-2-5-12(15)8-16/h1,3-4,7,12H,2,5-6,8-9,15H2. The number of rotatable bonds is 3. The number of benzene rings is 1. The number of ketones is 1. The van der Waals surface area contributed by atoms with E-state index in [2.05, 4.69) is 0 Å². The van der Waals surface area contributed by atoms with Crippen molar-refractivity contribution in [2.75, 3.05) is 19.6 Å². The Bertz CT molecular complexity index is 408. The SMILES string of the molecule is NC1CCCN(CC(=O)c2cccc(F)c2)C1. The molecule has 0 bridgehead atoms. The first-order valence-electron chi connectivity index (χ1n) is 5.92. The second-order valence-electron chi connectivity index (χ2n) is 4.57. The molecule has 0 spiro atoms. The Kier molecular flexibility index (Phi) is 3.86. The van der Waals surface area contributed by atoms with Crippen molar-refractivity contribution in [1.29, 1.82) is 0 Å². The maximum Gasteiger partial charge on any atom is 0.176 e. The van der Waals surface area contributed by atoms with E-state index in [1.165, 1.54) is 12.1 Å². The molecule has 0 aliphatic carbocycles. The number of halogens is 1. The van der Waals surface area contributed by atoms with E-state index in [0.29, 0.717) is 12.1 Å². The molecule has 2 rings (SSSR count). The Morgan fingerprint density at radius 3 is 3.06 bits per heavy atom. The van der Waals surface area contributed by atoms with E-state index < -0.39 is 0 Å². The molecule has 1 aromatic rings. The van der Waals surface area contributed by atoms with Crippen LogP contribution in [0.25, 0.3) is 0 Å². The Morgan fingerprint density at radius 1 is 1.53 bits per heavy atom. The zero-order chi connectivity index (χ0) is 12.3. The van der Waals surface area contributed by atoms with Crippen molar-refractivity contribution in [3.8, 4) is 0 Å². The summed E-state index contributed by atoms with van der Waals surface area (Å²) in [5.41, 5.74) is 6.29. The van der Waals surface area contributed by atoms with Gasteiger partial charge in [-0.25, -0.2) is 4.39 Å². The summed E-state index contributed by atoms with van der Waals surface area (Å²) < 4.78 is 13.0. The molecule has 3 nitrogen and oxygen atoms in total. The van der Waals surface area contributed by atoms with Crippen molar-refractivity contribution in [3.05, 3.63) is 35.6 Å². The third kappa shape index (κ3) is 3.35. The molecule has 2 N–H and O–H groups in total. The van der Waals surface area contributed by atoms with Crippen LogP contribution in [-0.4, -0.2) is 36.4 Å². The van der Waals surface area contributed by atoms with Crippen LogP contribution in [-0.2, 0) is 0 Å². The molecule has 0 saturated carbocycles. The summed E-state index contributed by atoms with van der Waals surface area (Å²) in [6.07, 6.45) is 2.04. The number of nitrogens with two attached hydrogens (primary N) is 1. The van der Waals surface area contributed by atoms with Crippen molar-refractivity contribution >= 4 is 5.78 Å². The molecule has 4 heteroatoms. The van der Waals surface area contributed by atoms with Gasteiger partial charge in [-0.1, -0.05) is 12.1 Å². The highest BCUT2D eigenvalue weighted by Gasteiger charge is 2.19. The predicted octanol–water partition coefficient (Wildman–Crippen LogP) is 1.43. The lowest BCUT2D eigenvalue weighted by Gasteiger charge is -2.29. The lowest BCUT2D eigenvalue weighted by atomic mass is 10.1. The van der Waals surface area contributed by atoms with Gasteiger partial charge in [-0.2, -0.15) is 0 Å². The van der Waals surface area contributed by atoms with E-state index in [1.54, 1.807) is 12.1 Å². The third-order valence-electron chi connectivity index (χ3n) is 3.06. The fourth-order valence-corrected chi connectivity index (χ4v) is 2.19. The van der Waals surface area contributed by atoms with Crippen molar-refractivity contribution < 1.29 is 9.18 Å². The van der Waals surface area contributed by atoms with Crippen molar-refractivity contribution in [3.63, 3.8) is 0 Å². The number of carbonyl (C=O) groups is 1. The molecule has 1 unspecified atom stereocenters. The summed E-state index contributed by atoms with van der Waals surface area (Å²) in [5.74, 6) is -0.412. The summed E-state index contributed by atoms with van der Waals surface area (Å²) in [6.45, 7) is 1.98. The van der Waals surface area contributed by atoms with Gasteiger partial charge in [-0.05, 0) is 31.5 Å². The molecule has 1 aromatic carbocycles. The van der Waals surface area contributed by atoms with Gasteiger partial charge in [0.2, 0.25) is 0 Å². The fourth-order valence-electron chi connectivity index (χ4n) is 2.19. The van der Waals surface area contributed by atoms with E-state index in [4.69, 9.17) is 5.73 Å². The van der Waals surface area contributed by atoms with Crippen LogP contribution in [0.4, 0.5) is 4.39 Å². The Labute approximate surface area is 100 Å². The van der Waals surface area contributed by atoms with Gasteiger partial charge >= 0.3 is 0 Å². The summed E-state index contributed by atoms with van der Waals surface area (Å²) >= 11 is 0. The van der Waals surface area contributed by atoms with Crippen LogP contribution >= 0.6 is 0 Å². The zero-order valence-electron chi connectivity index (χ0n) is 9.73. The number of hydrogen-bond acceptors (Lipinski definition) is 3. The minimum Gasteiger partial charge on any atom is -0.327 e. The Hall–Kier alpha value is -1.26. The van der Waals surface area contributed by atoms with E-state index >= 15 is 0 Å². The second kappa shape index (κ2) is 5.38. The molecular weight excluding hydrogens is 219 g/mol.